The third-order valence-electron chi connectivity index (χ3n) is 3.82. The summed E-state index contributed by atoms with van der Waals surface area (Å²) in [5.74, 6) is -1.80. The van der Waals surface area contributed by atoms with Gasteiger partial charge in [-0.05, 0) is 51.0 Å². The number of hydrogen-bond donors (Lipinski definition) is 3. The van der Waals surface area contributed by atoms with Crippen LogP contribution in [0.4, 0.5) is 5.69 Å². The van der Waals surface area contributed by atoms with Crippen LogP contribution in [0, 0.1) is 0 Å². The Morgan fingerprint density at radius 1 is 1.26 bits per heavy atom. The summed E-state index contributed by atoms with van der Waals surface area (Å²) in [7, 11) is 0. The van der Waals surface area contributed by atoms with Crippen LogP contribution in [0.1, 0.15) is 37.0 Å². The molecule has 0 spiro atoms. The topological polar surface area (TPSA) is 105 Å². The largest absolute Gasteiger partial charge is 0.480 e. The Balaban J connectivity index is 1.98. The number of anilines is 1. The van der Waals surface area contributed by atoms with Crippen molar-refractivity contribution in [2.75, 3.05) is 11.9 Å². The number of hydrogen-bond acceptors (Lipinski definition) is 4. The van der Waals surface area contributed by atoms with Crippen molar-refractivity contribution >= 4 is 23.5 Å². The fourth-order valence-corrected chi connectivity index (χ4v) is 2.27. The summed E-state index contributed by atoms with van der Waals surface area (Å²) in [6.07, 6.45) is 1.52. The van der Waals surface area contributed by atoms with E-state index in [0.29, 0.717) is 24.3 Å². The van der Waals surface area contributed by atoms with Crippen molar-refractivity contribution in [3.05, 3.63) is 29.8 Å². The maximum Gasteiger partial charge on any atom is 0.325 e. The summed E-state index contributed by atoms with van der Waals surface area (Å²) >= 11 is 0. The van der Waals surface area contributed by atoms with Crippen LogP contribution in [0.5, 0.6) is 0 Å². The maximum atomic E-state index is 12.2. The zero-order valence-electron chi connectivity index (χ0n) is 13.1. The lowest BCUT2D eigenvalue weighted by atomic mass is 10.0. The quantitative estimate of drug-likeness (QED) is 0.760. The second kappa shape index (κ2) is 6.78. The van der Waals surface area contributed by atoms with Gasteiger partial charge in [0.15, 0.2) is 0 Å². The second-order valence-corrected chi connectivity index (χ2v) is 5.75. The van der Waals surface area contributed by atoms with Gasteiger partial charge >= 0.3 is 5.97 Å². The highest BCUT2D eigenvalue weighted by molar-refractivity contribution is 5.99. The monoisotopic (exact) mass is 320 g/mol. The number of ether oxygens (including phenoxy) is 1. The highest BCUT2D eigenvalue weighted by atomic mass is 16.5. The first-order valence-corrected chi connectivity index (χ1v) is 7.41. The van der Waals surface area contributed by atoms with Gasteiger partial charge in [0.1, 0.15) is 11.6 Å². The lowest BCUT2D eigenvalue weighted by molar-refractivity contribution is -0.138. The molecule has 0 aliphatic carbocycles. The highest BCUT2D eigenvalue weighted by Crippen LogP contribution is 2.26. The number of amides is 2. The molecule has 1 aromatic rings. The molecule has 2 amide bonds. The standard InChI is InChI=1S/C16H20N2O5/c1-10(14(20)21)17-13(19)11-4-6-12(7-5-11)18-15(22)16(2)8-3-9-23-16/h4-7,10H,3,8-9H2,1-2H3,(H,17,19)(H,18,22)(H,20,21)/t10-,16-/m1/s1. The molecule has 23 heavy (non-hydrogen) atoms. The fraction of sp³-hybridized carbons (Fsp3) is 0.438. The Kier molecular flexibility index (Phi) is 5.00. The van der Waals surface area contributed by atoms with Crippen molar-refractivity contribution in [3.63, 3.8) is 0 Å². The van der Waals surface area contributed by atoms with E-state index >= 15 is 0 Å². The first-order chi connectivity index (χ1) is 10.8. The van der Waals surface area contributed by atoms with Crippen LogP contribution in [0.2, 0.25) is 0 Å². The third kappa shape index (κ3) is 4.07. The molecular weight excluding hydrogens is 300 g/mol. The van der Waals surface area contributed by atoms with Crippen molar-refractivity contribution in [2.24, 2.45) is 0 Å². The summed E-state index contributed by atoms with van der Waals surface area (Å²) in [6, 6.07) is 5.27. The Hall–Kier alpha value is -2.41. The molecule has 7 nitrogen and oxygen atoms in total. The van der Waals surface area contributed by atoms with Crippen LogP contribution in [0.3, 0.4) is 0 Å². The van der Waals surface area contributed by atoms with Crippen molar-refractivity contribution in [1.82, 2.24) is 5.32 Å². The van der Waals surface area contributed by atoms with E-state index in [1.807, 2.05) is 0 Å². The fourth-order valence-electron chi connectivity index (χ4n) is 2.27. The average Bonchev–Trinajstić information content (AvgIpc) is 2.96. The van der Waals surface area contributed by atoms with Crippen LogP contribution >= 0.6 is 0 Å². The Bertz CT molecular complexity index is 605. The van der Waals surface area contributed by atoms with Gasteiger partial charge in [-0.1, -0.05) is 0 Å². The minimum absolute atomic E-state index is 0.216. The number of carboxylic acid groups (broad SMARTS) is 1. The molecule has 124 valence electrons. The number of aliphatic carboxylic acids is 1. The molecule has 1 fully saturated rings. The number of benzene rings is 1. The van der Waals surface area contributed by atoms with Crippen LogP contribution in [0.15, 0.2) is 24.3 Å². The minimum atomic E-state index is -1.10. The lowest BCUT2D eigenvalue weighted by Crippen LogP contribution is -2.39. The predicted molar refractivity (Wildman–Crippen MR) is 83.2 cm³/mol. The molecule has 2 rings (SSSR count). The second-order valence-electron chi connectivity index (χ2n) is 5.75. The van der Waals surface area contributed by atoms with Crippen molar-refractivity contribution in [2.45, 2.75) is 38.3 Å². The van der Waals surface area contributed by atoms with Crippen LogP contribution in [0.25, 0.3) is 0 Å². The van der Waals surface area contributed by atoms with E-state index in [0.717, 1.165) is 6.42 Å². The summed E-state index contributed by atoms with van der Waals surface area (Å²) in [5, 5.41) is 13.9. The zero-order valence-corrected chi connectivity index (χ0v) is 13.1. The van der Waals surface area contributed by atoms with Crippen molar-refractivity contribution in [3.8, 4) is 0 Å². The summed E-state index contributed by atoms with van der Waals surface area (Å²) < 4.78 is 5.47. The average molecular weight is 320 g/mol. The summed E-state index contributed by atoms with van der Waals surface area (Å²) in [5.41, 5.74) is 0.0569. The van der Waals surface area contributed by atoms with Crippen molar-refractivity contribution < 1.29 is 24.2 Å². The number of carboxylic acids is 1. The van der Waals surface area contributed by atoms with Crippen LogP contribution in [-0.2, 0) is 14.3 Å². The number of carbonyl (C=O) groups excluding carboxylic acids is 2. The van der Waals surface area contributed by atoms with Gasteiger partial charge in [-0.2, -0.15) is 0 Å². The maximum absolute atomic E-state index is 12.2. The molecule has 1 aliphatic rings. The van der Waals surface area contributed by atoms with Gasteiger partial charge in [0.2, 0.25) is 0 Å². The Labute approximate surface area is 134 Å². The Morgan fingerprint density at radius 3 is 2.43 bits per heavy atom. The predicted octanol–water partition coefficient (Wildman–Crippen LogP) is 1.40. The SMILES string of the molecule is C[C@@H](NC(=O)c1ccc(NC(=O)[C@@]2(C)CCCO2)cc1)C(=O)O. The molecule has 0 unspecified atom stereocenters. The van der Waals surface area contributed by atoms with E-state index in [1.54, 1.807) is 19.1 Å². The van der Waals surface area contributed by atoms with Gasteiger partial charge in [-0.3, -0.25) is 14.4 Å². The molecule has 0 radical (unpaired) electrons. The van der Waals surface area contributed by atoms with Gasteiger partial charge in [0, 0.05) is 17.9 Å². The van der Waals surface area contributed by atoms with Crippen LogP contribution < -0.4 is 10.6 Å². The van der Waals surface area contributed by atoms with Crippen molar-refractivity contribution in [1.29, 1.82) is 0 Å². The van der Waals surface area contributed by atoms with E-state index < -0.39 is 23.5 Å². The molecule has 0 saturated carbocycles. The molecule has 2 atom stereocenters. The molecule has 7 heteroatoms. The molecular formula is C16H20N2O5. The van der Waals surface area contributed by atoms with E-state index in [2.05, 4.69) is 10.6 Å². The first-order valence-electron chi connectivity index (χ1n) is 7.41. The van der Waals surface area contributed by atoms with E-state index in [9.17, 15) is 14.4 Å². The number of carbonyl (C=O) groups is 3. The number of nitrogens with one attached hydrogen (secondary N) is 2. The summed E-state index contributed by atoms with van der Waals surface area (Å²) in [6.45, 7) is 3.71. The normalized spacial score (nSPS) is 21.5. The third-order valence-corrected chi connectivity index (χ3v) is 3.82. The molecule has 1 saturated heterocycles. The summed E-state index contributed by atoms with van der Waals surface area (Å²) in [4.78, 5) is 34.8. The molecule has 1 aliphatic heterocycles. The van der Waals surface area contributed by atoms with E-state index in [-0.39, 0.29) is 5.91 Å². The van der Waals surface area contributed by atoms with Gasteiger partial charge in [0.05, 0.1) is 0 Å². The molecule has 0 aromatic heterocycles. The van der Waals surface area contributed by atoms with Gasteiger partial charge < -0.3 is 20.5 Å². The van der Waals surface area contributed by atoms with Gasteiger partial charge in [0.25, 0.3) is 11.8 Å². The molecule has 1 heterocycles. The zero-order chi connectivity index (χ0) is 17.0. The van der Waals surface area contributed by atoms with E-state index in [4.69, 9.17) is 9.84 Å². The molecule has 3 N–H and O–H groups in total. The lowest BCUT2D eigenvalue weighted by Gasteiger charge is -2.21. The number of rotatable bonds is 5. The van der Waals surface area contributed by atoms with Gasteiger partial charge in [-0.15, -0.1) is 0 Å². The smallest absolute Gasteiger partial charge is 0.325 e. The minimum Gasteiger partial charge on any atom is -0.480 e. The first kappa shape index (κ1) is 17.0. The van der Waals surface area contributed by atoms with Gasteiger partial charge in [-0.25, -0.2) is 0 Å². The molecule has 0 bridgehead atoms. The Morgan fingerprint density at radius 2 is 1.91 bits per heavy atom. The highest BCUT2D eigenvalue weighted by Gasteiger charge is 2.37. The van der Waals surface area contributed by atoms with E-state index in [1.165, 1.54) is 19.1 Å². The van der Waals surface area contributed by atoms with Crippen LogP contribution in [-0.4, -0.2) is 41.1 Å². The molecule has 1 aromatic carbocycles.